The van der Waals surface area contributed by atoms with E-state index in [9.17, 15) is 0 Å². The van der Waals surface area contributed by atoms with Crippen LogP contribution in [-0.4, -0.2) is 28.0 Å². The molecule has 0 bridgehead atoms. The van der Waals surface area contributed by atoms with Crippen LogP contribution in [-0.2, 0) is 0 Å². The van der Waals surface area contributed by atoms with Crippen LogP contribution in [0.5, 0.6) is 0 Å². The third kappa shape index (κ3) is 4.08. The van der Waals surface area contributed by atoms with Crippen molar-refractivity contribution in [1.82, 2.24) is 15.0 Å². The van der Waals surface area contributed by atoms with Gasteiger partial charge in [-0.25, -0.2) is 15.0 Å². The maximum absolute atomic E-state index is 4.88. The van der Waals surface area contributed by atoms with Gasteiger partial charge in [0.15, 0.2) is 5.82 Å². The maximum Gasteiger partial charge on any atom is 0.163 e. The molecule has 0 unspecified atom stereocenters. The molecule has 1 atom stereocenters. The first-order chi connectivity index (χ1) is 13.2. The number of nitrogens with zero attached hydrogens (tertiary/aromatic N) is 4. The molecular weight excluding hydrogens is 334 g/mol. The average Bonchev–Trinajstić information content (AvgIpc) is 3.20. The molecule has 3 heterocycles. The van der Waals surface area contributed by atoms with E-state index in [1.54, 1.807) is 6.20 Å². The van der Waals surface area contributed by atoms with Crippen LogP contribution in [0, 0.1) is 11.8 Å². The zero-order valence-electron chi connectivity index (χ0n) is 15.8. The largest absolute Gasteiger partial charge is 0.356 e. The predicted molar refractivity (Wildman–Crippen MR) is 110 cm³/mol. The Balaban J connectivity index is 1.69. The molecule has 2 aromatic heterocycles. The first-order valence-electron chi connectivity index (χ1n) is 9.56. The Morgan fingerprint density at radius 1 is 1.00 bits per heavy atom. The lowest BCUT2D eigenvalue weighted by Crippen LogP contribution is -2.22. The van der Waals surface area contributed by atoms with E-state index in [-0.39, 0.29) is 0 Å². The number of rotatable bonds is 5. The molecule has 138 valence electrons. The summed E-state index contributed by atoms with van der Waals surface area (Å²) in [6.45, 7) is 6.69. The van der Waals surface area contributed by atoms with Gasteiger partial charge in [-0.05, 0) is 30.4 Å². The molecular formula is C22H25N5. The standard InChI is InChI=1S/C22H25N5/c1-16(2)18-11-13-27(15-18)21-14-20(24-19-10-6-7-12-23-19)25-22(26-21)17-8-4-3-5-9-17/h3-10,12,14,16,18H,11,13,15H2,1-2H3,(H,23,24,25,26)/t18-/m1/s1. The van der Waals surface area contributed by atoms with Gasteiger partial charge in [0, 0.05) is 30.9 Å². The molecule has 1 N–H and O–H groups in total. The molecule has 0 saturated carbocycles. The van der Waals surface area contributed by atoms with Crippen LogP contribution >= 0.6 is 0 Å². The summed E-state index contributed by atoms with van der Waals surface area (Å²) in [6.07, 6.45) is 2.99. The minimum absolute atomic E-state index is 0.691. The highest BCUT2D eigenvalue weighted by Crippen LogP contribution is 2.30. The van der Waals surface area contributed by atoms with Gasteiger partial charge < -0.3 is 10.2 Å². The first kappa shape index (κ1) is 17.5. The Hall–Kier alpha value is -2.95. The van der Waals surface area contributed by atoms with Crippen molar-refractivity contribution in [3.05, 3.63) is 60.8 Å². The summed E-state index contributed by atoms with van der Waals surface area (Å²) in [6, 6.07) is 18.0. The number of aromatic nitrogens is 3. The molecule has 1 aliphatic rings. The van der Waals surface area contributed by atoms with E-state index in [0.717, 1.165) is 41.9 Å². The van der Waals surface area contributed by atoms with Gasteiger partial charge in [0.1, 0.15) is 17.5 Å². The summed E-state index contributed by atoms with van der Waals surface area (Å²) < 4.78 is 0. The van der Waals surface area contributed by atoms with Gasteiger partial charge in [-0.3, -0.25) is 0 Å². The first-order valence-corrected chi connectivity index (χ1v) is 9.56. The highest BCUT2D eigenvalue weighted by molar-refractivity contribution is 5.64. The van der Waals surface area contributed by atoms with Gasteiger partial charge in [0.25, 0.3) is 0 Å². The van der Waals surface area contributed by atoms with E-state index in [2.05, 4.69) is 29.0 Å². The number of anilines is 3. The third-order valence-corrected chi connectivity index (χ3v) is 5.16. The van der Waals surface area contributed by atoms with Crippen molar-refractivity contribution in [1.29, 1.82) is 0 Å². The van der Waals surface area contributed by atoms with Crippen LogP contribution in [0.15, 0.2) is 60.8 Å². The van der Waals surface area contributed by atoms with Gasteiger partial charge >= 0.3 is 0 Å². The lowest BCUT2D eigenvalue weighted by atomic mass is 9.95. The van der Waals surface area contributed by atoms with Gasteiger partial charge in [-0.15, -0.1) is 0 Å². The highest BCUT2D eigenvalue weighted by Gasteiger charge is 2.26. The Kier molecular flexibility index (Phi) is 5.01. The molecule has 0 amide bonds. The fourth-order valence-electron chi connectivity index (χ4n) is 3.48. The van der Waals surface area contributed by atoms with E-state index < -0.39 is 0 Å². The predicted octanol–water partition coefficient (Wildman–Crippen LogP) is 4.76. The topological polar surface area (TPSA) is 53.9 Å². The Labute approximate surface area is 160 Å². The SMILES string of the molecule is CC(C)[C@@H]1CCN(c2cc(Nc3ccccn3)nc(-c3ccccc3)n2)C1. The minimum atomic E-state index is 0.691. The molecule has 1 saturated heterocycles. The summed E-state index contributed by atoms with van der Waals surface area (Å²) in [7, 11) is 0. The number of pyridine rings is 1. The smallest absolute Gasteiger partial charge is 0.163 e. The van der Waals surface area contributed by atoms with E-state index in [1.165, 1.54) is 6.42 Å². The van der Waals surface area contributed by atoms with Crippen molar-refractivity contribution in [3.8, 4) is 11.4 Å². The Bertz CT molecular complexity index is 880. The van der Waals surface area contributed by atoms with Crippen LogP contribution in [0.1, 0.15) is 20.3 Å². The number of hydrogen-bond donors (Lipinski definition) is 1. The van der Waals surface area contributed by atoms with Crippen molar-refractivity contribution in [2.45, 2.75) is 20.3 Å². The third-order valence-electron chi connectivity index (χ3n) is 5.16. The molecule has 0 radical (unpaired) electrons. The summed E-state index contributed by atoms with van der Waals surface area (Å²) in [4.78, 5) is 16.3. The molecule has 1 aliphatic heterocycles. The van der Waals surface area contributed by atoms with E-state index in [0.29, 0.717) is 11.8 Å². The lowest BCUT2D eigenvalue weighted by molar-refractivity contribution is 0.422. The highest BCUT2D eigenvalue weighted by atomic mass is 15.2. The van der Waals surface area contributed by atoms with Gasteiger partial charge in [0.05, 0.1) is 0 Å². The van der Waals surface area contributed by atoms with Crippen LogP contribution in [0.25, 0.3) is 11.4 Å². The molecule has 5 heteroatoms. The molecule has 0 aliphatic carbocycles. The number of benzene rings is 1. The summed E-state index contributed by atoms with van der Waals surface area (Å²) in [5.74, 6) is 4.67. The minimum Gasteiger partial charge on any atom is -0.356 e. The zero-order valence-corrected chi connectivity index (χ0v) is 15.8. The van der Waals surface area contributed by atoms with E-state index in [1.807, 2.05) is 54.6 Å². The average molecular weight is 359 g/mol. The number of nitrogens with one attached hydrogen (secondary N) is 1. The van der Waals surface area contributed by atoms with Crippen LogP contribution in [0.2, 0.25) is 0 Å². The quantitative estimate of drug-likeness (QED) is 0.711. The molecule has 4 rings (SSSR count). The van der Waals surface area contributed by atoms with Crippen LogP contribution in [0.4, 0.5) is 17.5 Å². The van der Waals surface area contributed by atoms with Crippen molar-refractivity contribution in [3.63, 3.8) is 0 Å². The molecule has 1 fully saturated rings. The van der Waals surface area contributed by atoms with Crippen LogP contribution in [0.3, 0.4) is 0 Å². The van der Waals surface area contributed by atoms with Gasteiger partial charge in [0.2, 0.25) is 0 Å². The second-order valence-electron chi connectivity index (χ2n) is 7.38. The van der Waals surface area contributed by atoms with Gasteiger partial charge in [-0.1, -0.05) is 50.2 Å². The fraction of sp³-hybridized carbons (Fsp3) is 0.318. The second kappa shape index (κ2) is 7.74. The van der Waals surface area contributed by atoms with Gasteiger partial charge in [-0.2, -0.15) is 0 Å². The summed E-state index contributed by atoms with van der Waals surface area (Å²) in [5, 5.41) is 3.32. The van der Waals surface area contributed by atoms with E-state index >= 15 is 0 Å². The second-order valence-corrected chi connectivity index (χ2v) is 7.38. The maximum atomic E-state index is 4.88. The number of hydrogen-bond acceptors (Lipinski definition) is 5. The zero-order chi connectivity index (χ0) is 18.6. The van der Waals surface area contributed by atoms with Crippen molar-refractivity contribution in [2.75, 3.05) is 23.3 Å². The van der Waals surface area contributed by atoms with Crippen molar-refractivity contribution < 1.29 is 0 Å². The normalized spacial score (nSPS) is 16.7. The molecule has 5 nitrogen and oxygen atoms in total. The van der Waals surface area contributed by atoms with Crippen molar-refractivity contribution >= 4 is 17.5 Å². The molecule has 0 spiro atoms. The molecule has 3 aromatic rings. The lowest BCUT2D eigenvalue weighted by Gasteiger charge is -2.20. The van der Waals surface area contributed by atoms with Crippen LogP contribution < -0.4 is 10.2 Å². The molecule has 1 aromatic carbocycles. The fourth-order valence-corrected chi connectivity index (χ4v) is 3.48. The monoisotopic (exact) mass is 359 g/mol. The summed E-state index contributed by atoms with van der Waals surface area (Å²) >= 11 is 0. The molecule has 27 heavy (non-hydrogen) atoms. The van der Waals surface area contributed by atoms with E-state index in [4.69, 9.17) is 9.97 Å². The Morgan fingerprint density at radius 3 is 2.52 bits per heavy atom. The Morgan fingerprint density at radius 2 is 1.81 bits per heavy atom. The van der Waals surface area contributed by atoms with Crippen molar-refractivity contribution in [2.24, 2.45) is 11.8 Å². The summed E-state index contributed by atoms with van der Waals surface area (Å²) in [5.41, 5.74) is 1.02.